The molecule has 0 N–H and O–H groups in total. The van der Waals surface area contributed by atoms with Gasteiger partial charge in [-0.3, -0.25) is 10.1 Å². The molecule has 0 saturated carbocycles. The molecule has 20 heavy (non-hydrogen) atoms. The highest BCUT2D eigenvalue weighted by Crippen LogP contribution is 2.25. The summed E-state index contributed by atoms with van der Waals surface area (Å²) in [6, 6.07) is 14.7. The fourth-order valence-corrected chi connectivity index (χ4v) is 2.47. The quantitative estimate of drug-likeness (QED) is 0.534. The molecule has 1 heterocycles. The van der Waals surface area contributed by atoms with Gasteiger partial charge in [-0.15, -0.1) is 0 Å². The van der Waals surface area contributed by atoms with Crippen molar-refractivity contribution in [2.75, 3.05) is 0 Å². The second-order valence-electron chi connectivity index (χ2n) is 4.53. The lowest BCUT2D eigenvalue weighted by Crippen LogP contribution is -2.02. The van der Waals surface area contributed by atoms with Gasteiger partial charge in [0.1, 0.15) is 0 Å². The summed E-state index contributed by atoms with van der Waals surface area (Å²) in [5.41, 5.74) is 1.74. The molecular formula is C15H11ClN2O2. The lowest BCUT2D eigenvalue weighted by atomic mass is 10.1. The van der Waals surface area contributed by atoms with Crippen molar-refractivity contribution < 1.29 is 4.92 Å². The molecule has 5 heteroatoms. The summed E-state index contributed by atoms with van der Waals surface area (Å²) in [7, 11) is 0. The SMILES string of the molecule is O=[N+]([O-])c1cc(Cl)ccc1Cn1ccc2ccccc21. The van der Waals surface area contributed by atoms with Crippen molar-refractivity contribution in [2.45, 2.75) is 6.54 Å². The molecule has 1 aromatic heterocycles. The Bertz CT molecular complexity index is 795. The maximum atomic E-state index is 11.1. The first kappa shape index (κ1) is 12.7. The van der Waals surface area contributed by atoms with E-state index in [4.69, 9.17) is 11.6 Å². The minimum absolute atomic E-state index is 0.0512. The summed E-state index contributed by atoms with van der Waals surface area (Å²) in [5.74, 6) is 0. The van der Waals surface area contributed by atoms with E-state index in [0.717, 1.165) is 10.9 Å². The van der Waals surface area contributed by atoms with E-state index >= 15 is 0 Å². The minimum atomic E-state index is -0.396. The highest BCUT2D eigenvalue weighted by atomic mass is 35.5. The second kappa shape index (κ2) is 4.98. The van der Waals surface area contributed by atoms with Crippen LogP contribution < -0.4 is 0 Å². The second-order valence-corrected chi connectivity index (χ2v) is 4.97. The number of benzene rings is 2. The Labute approximate surface area is 120 Å². The maximum absolute atomic E-state index is 11.1. The van der Waals surface area contributed by atoms with Gasteiger partial charge in [-0.1, -0.05) is 29.8 Å². The molecule has 2 aromatic carbocycles. The normalized spacial score (nSPS) is 10.8. The van der Waals surface area contributed by atoms with Crippen LogP contribution in [-0.4, -0.2) is 9.49 Å². The first-order valence-corrected chi connectivity index (χ1v) is 6.49. The lowest BCUT2D eigenvalue weighted by molar-refractivity contribution is -0.385. The van der Waals surface area contributed by atoms with E-state index in [1.54, 1.807) is 12.1 Å². The number of nitro benzene ring substituents is 1. The third kappa shape index (κ3) is 2.26. The zero-order valence-electron chi connectivity index (χ0n) is 10.5. The molecule has 0 atom stereocenters. The Morgan fingerprint density at radius 3 is 2.75 bits per heavy atom. The predicted molar refractivity (Wildman–Crippen MR) is 79.1 cm³/mol. The van der Waals surface area contributed by atoms with Crippen LogP contribution in [0.15, 0.2) is 54.7 Å². The molecule has 3 rings (SSSR count). The van der Waals surface area contributed by atoms with Crippen molar-refractivity contribution in [1.82, 2.24) is 4.57 Å². The third-order valence-corrected chi connectivity index (χ3v) is 3.50. The number of nitrogens with zero attached hydrogens (tertiary/aromatic N) is 2. The number of hydrogen-bond donors (Lipinski definition) is 0. The van der Waals surface area contributed by atoms with Crippen molar-refractivity contribution >= 4 is 28.2 Å². The van der Waals surface area contributed by atoms with Crippen LogP contribution in [0.25, 0.3) is 10.9 Å². The summed E-state index contributed by atoms with van der Waals surface area (Å²) < 4.78 is 1.99. The van der Waals surface area contributed by atoms with E-state index in [1.165, 1.54) is 6.07 Å². The van der Waals surface area contributed by atoms with Gasteiger partial charge in [-0.05, 0) is 29.7 Å². The van der Waals surface area contributed by atoms with Crippen LogP contribution in [0.3, 0.4) is 0 Å². The summed E-state index contributed by atoms with van der Waals surface area (Å²) in [6.07, 6.45) is 1.93. The maximum Gasteiger partial charge on any atom is 0.275 e. The van der Waals surface area contributed by atoms with E-state index < -0.39 is 4.92 Å². The monoisotopic (exact) mass is 286 g/mol. The van der Waals surface area contributed by atoms with Crippen LogP contribution in [0.5, 0.6) is 0 Å². The van der Waals surface area contributed by atoms with E-state index in [2.05, 4.69) is 0 Å². The molecule has 0 bridgehead atoms. The molecule has 100 valence electrons. The van der Waals surface area contributed by atoms with E-state index in [9.17, 15) is 10.1 Å². The van der Waals surface area contributed by atoms with Crippen LogP contribution >= 0.6 is 11.6 Å². The minimum Gasteiger partial charge on any atom is -0.343 e. The van der Waals surface area contributed by atoms with Gasteiger partial charge in [-0.2, -0.15) is 0 Å². The van der Waals surface area contributed by atoms with Crippen LogP contribution in [0.4, 0.5) is 5.69 Å². The van der Waals surface area contributed by atoms with Gasteiger partial charge in [-0.25, -0.2) is 0 Å². The smallest absolute Gasteiger partial charge is 0.275 e. The summed E-state index contributed by atoms with van der Waals surface area (Å²) in [4.78, 5) is 10.7. The summed E-state index contributed by atoms with van der Waals surface area (Å²) in [6.45, 7) is 0.445. The molecule has 4 nitrogen and oxygen atoms in total. The molecule has 0 saturated heterocycles. The van der Waals surface area contributed by atoms with E-state index in [-0.39, 0.29) is 5.69 Å². The lowest BCUT2D eigenvalue weighted by Gasteiger charge is -2.07. The topological polar surface area (TPSA) is 48.1 Å². The Balaban J connectivity index is 2.05. The average Bonchev–Trinajstić information content (AvgIpc) is 2.84. The first-order valence-electron chi connectivity index (χ1n) is 6.12. The number of hydrogen-bond acceptors (Lipinski definition) is 2. The molecule has 0 aliphatic heterocycles. The number of halogens is 1. The number of rotatable bonds is 3. The molecule has 3 aromatic rings. The summed E-state index contributed by atoms with van der Waals surface area (Å²) >= 11 is 5.83. The van der Waals surface area contributed by atoms with Crippen molar-refractivity contribution in [2.24, 2.45) is 0 Å². The number of fused-ring (bicyclic) bond motifs is 1. The number of nitro groups is 1. The van der Waals surface area contributed by atoms with Gasteiger partial charge in [0.25, 0.3) is 5.69 Å². The molecule has 0 fully saturated rings. The highest BCUT2D eigenvalue weighted by molar-refractivity contribution is 6.30. The fraction of sp³-hybridized carbons (Fsp3) is 0.0667. The van der Waals surface area contributed by atoms with E-state index in [1.807, 2.05) is 41.1 Å². The largest absolute Gasteiger partial charge is 0.343 e. The average molecular weight is 287 g/mol. The van der Waals surface area contributed by atoms with Crippen molar-refractivity contribution in [1.29, 1.82) is 0 Å². The van der Waals surface area contributed by atoms with Gasteiger partial charge in [0, 0.05) is 28.4 Å². The van der Waals surface area contributed by atoms with Gasteiger partial charge < -0.3 is 4.57 Å². The van der Waals surface area contributed by atoms with Gasteiger partial charge in [0.2, 0.25) is 0 Å². The predicted octanol–water partition coefficient (Wildman–Crippen LogP) is 4.25. The molecule has 0 amide bonds. The Hall–Kier alpha value is -2.33. The zero-order valence-corrected chi connectivity index (χ0v) is 11.2. The molecule has 0 spiro atoms. The van der Waals surface area contributed by atoms with Crippen molar-refractivity contribution in [3.05, 3.63) is 75.4 Å². The van der Waals surface area contributed by atoms with Crippen LogP contribution in [0, 0.1) is 10.1 Å². The fourth-order valence-electron chi connectivity index (χ4n) is 2.30. The van der Waals surface area contributed by atoms with Gasteiger partial charge in [0.15, 0.2) is 0 Å². The Morgan fingerprint density at radius 2 is 1.95 bits per heavy atom. The van der Waals surface area contributed by atoms with Gasteiger partial charge >= 0.3 is 0 Å². The molecule has 0 aliphatic carbocycles. The van der Waals surface area contributed by atoms with Crippen LogP contribution in [-0.2, 0) is 6.54 Å². The Morgan fingerprint density at radius 1 is 1.15 bits per heavy atom. The zero-order chi connectivity index (χ0) is 14.1. The molecule has 0 aliphatic rings. The molecular weight excluding hydrogens is 276 g/mol. The van der Waals surface area contributed by atoms with E-state index in [0.29, 0.717) is 17.1 Å². The number of para-hydroxylation sites is 1. The van der Waals surface area contributed by atoms with Crippen molar-refractivity contribution in [3.63, 3.8) is 0 Å². The molecule has 0 unspecified atom stereocenters. The van der Waals surface area contributed by atoms with Crippen LogP contribution in [0.2, 0.25) is 5.02 Å². The standard InChI is InChI=1S/C15H11ClN2O2/c16-13-6-5-12(15(9-13)18(19)20)10-17-8-7-11-3-1-2-4-14(11)17/h1-9H,10H2. The van der Waals surface area contributed by atoms with Crippen molar-refractivity contribution in [3.8, 4) is 0 Å². The highest BCUT2D eigenvalue weighted by Gasteiger charge is 2.15. The third-order valence-electron chi connectivity index (χ3n) is 3.26. The summed E-state index contributed by atoms with van der Waals surface area (Å²) in [5, 5.41) is 12.6. The van der Waals surface area contributed by atoms with Gasteiger partial charge in [0.05, 0.1) is 11.5 Å². The Kier molecular flexibility index (Phi) is 3.16. The van der Waals surface area contributed by atoms with Crippen LogP contribution in [0.1, 0.15) is 5.56 Å². The molecule has 0 radical (unpaired) electrons. The first-order chi connectivity index (χ1) is 9.65. The number of aromatic nitrogens is 1.